The number of benzene rings is 1. The summed E-state index contributed by atoms with van der Waals surface area (Å²) in [6.45, 7) is 2.14. The first-order valence-corrected chi connectivity index (χ1v) is 8.26. The molecule has 1 heterocycles. The van der Waals surface area contributed by atoms with Gasteiger partial charge in [-0.05, 0) is 38.2 Å². The molecule has 3 rings (SSSR count). The highest BCUT2D eigenvalue weighted by molar-refractivity contribution is 7.98. The van der Waals surface area contributed by atoms with Crippen molar-refractivity contribution in [2.75, 3.05) is 12.0 Å². The highest BCUT2D eigenvalue weighted by Crippen LogP contribution is 2.42. The maximum Gasteiger partial charge on any atom is 0.337 e. The van der Waals surface area contributed by atoms with Crippen molar-refractivity contribution >= 4 is 28.8 Å². The lowest BCUT2D eigenvalue weighted by Crippen LogP contribution is -2.13. The molecule has 0 radical (unpaired) electrons. The minimum Gasteiger partial charge on any atom is -0.478 e. The highest BCUT2D eigenvalue weighted by atomic mass is 32.2. The van der Waals surface area contributed by atoms with Gasteiger partial charge < -0.3 is 9.67 Å². The molecular formula is C15H18N2O2S. The first-order valence-electron chi connectivity index (χ1n) is 6.86. The van der Waals surface area contributed by atoms with E-state index in [4.69, 9.17) is 4.98 Å². The molecule has 1 fully saturated rings. The second-order valence-corrected chi connectivity index (χ2v) is 6.31. The first kappa shape index (κ1) is 13.5. The van der Waals surface area contributed by atoms with E-state index in [0.29, 0.717) is 11.5 Å². The van der Waals surface area contributed by atoms with Crippen LogP contribution >= 0.6 is 11.8 Å². The number of thioether (sulfide) groups is 1. The number of carbonyl (C=O) groups is 1. The number of carboxylic acid groups (broad SMARTS) is 1. The van der Waals surface area contributed by atoms with Crippen molar-refractivity contribution < 1.29 is 9.90 Å². The Morgan fingerprint density at radius 2 is 2.30 bits per heavy atom. The minimum atomic E-state index is -0.879. The third-order valence-corrected chi connectivity index (χ3v) is 4.57. The Morgan fingerprint density at radius 3 is 2.90 bits per heavy atom. The molecule has 4 nitrogen and oxygen atoms in total. The minimum absolute atomic E-state index is 0.256. The van der Waals surface area contributed by atoms with Crippen molar-refractivity contribution in [1.29, 1.82) is 0 Å². The van der Waals surface area contributed by atoms with Gasteiger partial charge in [-0.1, -0.05) is 6.07 Å². The van der Waals surface area contributed by atoms with Crippen LogP contribution in [0.4, 0.5) is 0 Å². The van der Waals surface area contributed by atoms with Crippen LogP contribution in [0.2, 0.25) is 0 Å². The van der Waals surface area contributed by atoms with Crippen LogP contribution in [0.3, 0.4) is 0 Å². The summed E-state index contributed by atoms with van der Waals surface area (Å²) >= 11 is 1.78. The molecule has 2 aromatic rings. The van der Waals surface area contributed by atoms with Crippen molar-refractivity contribution in [2.45, 2.75) is 31.7 Å². The average Bonchev–Trinajstić information content (AvgIpc) is 3.18. The summed E-state index contributed by atoms with van der Waals surface area (Å²) in [4.78, 5) is 16.2. The number of hydrogen-bond acceptors (Lipinski definition) is 3. The van der Waals surface area contributed by atoms with E-state index in [1.165, 1.54) is 0 Å². The Morgan fingerprint density at radius 1 is 1.55 bits per heavy atom. The molecule has 1 N–H and O–H groups in total. The summed E-state index contributed by atoms with van der Waals surface area (Å²) in [5, 5.41) is 9.44. The standard InChI is InChI=1S/C15H18N2O2S/c1-9(8-20-2)17-13-11(15(18)19)4-3-5-12(13)16-14(17)10-6-7-10/h3-5,9-10H,6-8H2,1-2H3,(H,18,19). The van der Waals surface area contributed by atoms with E-state index in [0.717, 1.165) is 35.5 Å². The monoisotopic (exact) mass is 290 g/mol. The SMILES string of the molecule is CSCC(C)n1c(C2CC2)nc2cccc(C(=O)O)c21. The fourth-order valence-electron chi connectivity index (χ4n) is 2.73. The van der Waals surface area contributed by atoms with E-state index < -0.39 is 5.97 Å². The zero-order valence-electron chi connectivity index (χ0n) is 11.7. The normalized spacial score (nSPS) is 16.5. The van der Waals surface area contributed by atoms with Crippen molar-refractivity contribution in [3.8, 4) is 0 Å². The van der Waals surface area contributed by atoms with Gasteiger partial charge in [-0.2, -0.15) is 11.8 Å². The van der Waals surface area contributed by atoms with Gasteiger partial charge in [-0.3, -0.25) is 0 Å². The lowest BCUT2D eigenvalue weighted by molar-refractivity contribution is 0.0698. The second kappa shape index (κ2) is 5.13. The molecule has 0 amide bonds. The number of aromatic carboxylic acids is 1. The van der Waals surface area contributed by atoms with Crippen molar-refractivity contribution in [2.24, 2.45) is 0 Å². The predicted molar refractivity (Wildman–Crippen MR) is 81.8 cm³/mol. The molecule has 106 valence electrons. The number of fused-ring (bicyclic) bond motifs is 1. The molecule has 1 saturated carbocycles. The van der Waals surface area contributed by atoms with Gasteiger partial charge in [0.05, 0.1) is 16.6 Å². The Balaban J connectivity index is 2.25. The largest absolute Gasteiger partial charge is 0.478 e. The molecule has 1 atom stereocenters. The number of rotatable bonds is 5. The van der Waals surface area contributed by atoms with Crippen LogP contribution in [0.25, 0.3) is 11.0 Å². The maximum atomic E-state index is 11.5. The molecule has 0 aliphatic heterocycles. The number of para-hydroxylation sites is 1. The summed E-state index contributed by atoms with van der Waals surface area (Å²) < 4.78 is 2.16. The van der Waals surface area contributed by atoms with Gasteiger partial charge in [0.15, 0.2) is 0 Å². The summed E-state index contributed by atoms with van der Waals surface area (Å²) in [5.41, 5.74) is 1.94. The molecular weight excluding hydrogens is 272 g/mol. The zero-order chi connectivity index (χ0) is 14.3. The topological polar surface area (TPSA) is 55.1 Å². The van der Waals surface area contributed by atoms with Gasteiger partial charge in [-0.15, -0.1) is 0 Å². The summed E-state index contributed by atoms with van der Waals surface area (Å²) in [7, 11) is 0. The van der Waals surface area contributed by atoms with Crippen LogP contribution < -0.4 is 0 Å². The smallest absolute Gasteiger partial charge is 0.337 e. The molecule has 1 aromatic carbocycles. The van der Waals surface area contributed by atoms with Crippen LogP contribution in [0.5, 0.6) is 0 Å². The van der Waals surface area contributed by atoms with Gasteiger partial charge in [0.25, 0.3) is 0 Å². The third kappa shape index (κ3) is 2.20. The van der Waals surface area contributed by atoms with E-state index in [1.54, 1.807) is 23.9 Å². The first-order chi connectivity index (χ1) is 9.63. The van der Waals surface area contributed by atoms with Gasteiger partial charge in [0, 0.05) is 17.7 Å². The molecule has 1 aliphatic carbocycles. The van der Waals surface area contributed by atoms with E-state index in [1.807, 2.05) is 6.07 Å². The van der Waals surface area contributed by atoms with E-state index in [-0.39, 0.29) is 6.04 Å². The fourth-order valence-corrected chi connectivity index (χ4v) is 3.36. The van der Waals surface area contributed by atoms with Crippen LogP contribution in [0.1, 0.15) is 47.9 Å². The number of nitrogens with zero attached hydrogens (tertiary/aromatic N) is 2. The molecule has 5 heteroatoms. The molecule has 1 aliphatic rings. The average molecular weight is 290 g/mol. The number of aromatic nitrogens is 2. The zero-order valence-corrected chi connectivity index (χ0v) is 12.5. The molecule has 0 saturated heterocycles. The summed E-state index contributed by atoms with van der Waals surface area (Å²) in [6, 6.07) is 5.62. The van der Waals surface area contributed by atoms with Crippen LogP contribution in [0, 0.1) is 0 Å². The fraction of sp³-hybridized carbons (Fsp3) is 0.467. The molecule has 0 spiro atoms. The van der Waals surface area contributed by atoms with Gasteiger partial charge in [0.2, 0.25) is 0 Å². The van der Waals surface area contributed by atoms with E-state index >= 15 is 0 Å². The Bertz CT molecular complexity index is 661. The van der Waals surface area contributed by atoms with Gasteiger partial charge in [0.1, 0.15) is 5.82 Å². The van der Waals surface area contributed by atoms with Crippen molar-refractivity contribution in [3.63, 3.8) is 0 Å². The highest BCUT2D eigenvalue weighted by Gasteiger charge is 2.32. The number of imidazole rings is 1. The maximum absolute atomic E-state index is 11.5. The predicted octanol–water partition coefficient (Wildman–Crippen LogP) is 3.54. The summed E-state index contributed by atoms with van der Waals surface area (Å²) in [5.74, 6) is 1.65. The number of carboxylic acids is 1. The Hall–Kier alpha value is -1.49. The molecule has 0 bridgehead atoms. The Kier molecular flexibility index (Phi) is 3.46. The lowest BCUT2D eigenvalue weighted by Gasteiger charge is -2.17. The van der Waals surface area contributed by atoms with Crippen LogP contribution in [-0.4, -0.2) is 32.6 Å². The Labute approximate surface area is 122 Å². The van der Waals surface area contributed by atoms with Crippen molar-refractivity contribution in [1.82, 2.24) is 9.55 Å². The van der Waals surface area contributed by atoms with Gasteiger partial charge in [-0.25, -0.2) is 9.78 Å². The van der Waals surface area contributed by atoms with Crippen LogP contribution in [-0.2, 0) is 0 Å². The lowest BCUT2D eigenvalue weighted by atomic mass is 10.1. The summed E-state index contributed by atoms with van der Waals surface area (Å²) in [6.07, 6.45) is 4.40. The van der Waals surface area contributed by atoms with E-state index in [9.17, 15) is 9.90 Å². The molecule has 1 aromatic heterocycles. The molecule has 20 heavy (non-hydrogen) atoms. The van der Waals surface area contributed by atoms with Crippen molar-refractivity contribution in [3.05, 3.63) is 29.6 Å². The molecule has 1 unspecified atom stereocenters. The van der Waals surface area contributed by atoms with Crippen LogP contribution in [0.15, 0.2) is 18.2 Å². The second-order valence-electron chi connectivity index (χ2n) is 5.40. The van der Waals surface area contributed by atoms with Gasteiger partial charge >= 0.3 is 5.97 Å². The van der Waals surface area contributed by atoms with E-state index in [2.05, 4.69) is 17.7 Å². The third-order valence-electron chi connectivity index (χ3n) is 3.76. The number of hydrogen-bond donors (Lipinski definition) is 1. The quantitative estimate of drug-likeness (QED) is 0.915.